The highest BCUT2D eigenvalue weighted by Crippen LogP contribution is 2.29. The van der Waals surface area contributed by atoms with Crippen molar-refractivity contribution in [2.75, 3.05) is 13.1 Å². The molecule has 0 atom stereocenters. The van der Waals surface area contributed by atoms with E-state index in [1.807, 2.05) is 0 Å². The van der Waals surface area contributed by atoms with Crippen molar-refractivity contribution in [3.05, 3.63) is 29.6 Å². The molecule has 0 unspecified atom stereocenters. The minimum absolute atomic E-state index is 0.0190. The summed E-state index contributed by atoms with van der Waals surface area (Å²) in [5, 5.41) is 0. The van der Waals surface area contributed by atoms with Gasteiger partial charge in [0.1, 0.15) is 5.82 Å². The summed E-state index contributed by atoms with van der Waals surface area (Å²) in [5.74, 6) is -0.413. The normalized spacial score (nSPS) is 21.6. The standard InChI is InChI=1S/C15H21FN2O2S/c1-11-10-12(16)2-5-15(11)21(19,20)17-13-6-8-18(9-7-13)14-3-4-14/h2,5,10,13-14,17H,3-4,6-9H2,1H3. The van der Waals surface area contributed by atoms with Crippen molar-refractivity contribution in [1.29, 1.82) is 0 Å². The molecular formula is C15H21FN2O2S. The number of sulfonamides is 1. The first-order valence-electron chi connectivity index (χ1n) is 7.48. The maximum Gasteiger partial charge on any atom is 0.241 e. The number of nitrogens with one attached hydrogen (secondary N) is 1. The van der Waals surface area contributed by atoms with E-state index < -0.39 is 15.8 Å². The van der Waals surface area contributed by atoms with E-state index in [4.69, 9.17) is 0 Å². The zero-order valence-corrected chi connectivity index (χ0v) is 13.0. The molecule has 1 heterocycles. The lowest BCUT2D eigenvalue weighted by Crippen LogP contribution is -2.45. The monoisotopic (exact) mass is 312 g/mol. The van der Waals surface area contributed by atoms with Gasteiger partial charge in [-0.15, -0.1) is 0 Å². The number of nitrogens with zero attached hydrogens (tertiary/aromatic N) is 1. The molecule has 0 amide bonds. The Morgan fingerprint density at radius 1 is 1.19 bits per heavy atom. The van der Waals surface area contributed by atoms with Crippen LogP contribution in [0.5, 0.6) is 0 Å². The molecule has 0 spiro atoms. The van der Waals surface area contributed by atoms with Crippen LogP contribution in [-0.4, -0.2) is 38.5 Å². The molecule has 1 N–H and O–H groups in total. The van der Waals surface area contributed by atoms with Gasteiger partial charge in [-0.05, 0) is 69.5 Å². The van der Waals surface area contributed by atoms with E-state index in [0.717, 1.165) is 32.0 Å². The lowest BCUT2D eigenvalue weighted by atomic mass is 10.1. The number of benzene rings is 1. The topological polar surface area (TPSA) is 49.4 Å². The summed E-state index contributed by atoms with van der Waals surface area (Å²) < 4.78 is 40.7. The first-order chi connectivity index (χ1) is 9.95. The SMILES string of the molecule is Cc1cc(F)ccc1S(=O)(=O)NC1CCN(C2CC2)CC1. The van der Waals surface area contributed by atoms with E-state index in [0.29, 0.717) is 5.56 Å². The third-order valence-electron chi connectivity index (χ3n) is 4.34. The van der Waals surface area contributed by atoms with Gasteiger partial charge in [0.05, 0.1) is 4.90 Å². The number of aryl methyl sites for hydroxylation is 1. The highest BCUT2D eigenvalue weighted by molar-refractivity contribution is 7.89. The predicted octanol–water partition coefficient (Wildman–Crippen LogP) is 2.04. The number of piperidine rings is 1. The molecule has 1 saturated heterocycles. The van der Waals surface area contributed by atoms with E-state index in [-0.39, 0.29) is 10.9 Å². The summed E-state index contributed by atoms with van der Waals surface area (Å²) in [6, 6.07) is 4.50. The van der Waals surface area contributed by atoms with Crippen LogP contribution in [0.25, 0.3) is 0 Å². The van der Waals surface area contributed by atoms with Crippen LogP contribution in [0.2, 0.25) is 0 Å². The third-order valence-corrected chi connectivity index (χ3v) is 6.02. The van der Waals surface area contributed by atoms with Gasteiger partial charge >= 0.3 is 0 Å². The number of rotatable bonds is 4. The van der Waals surface area contributed by atoms with Gasteiger partial charge in [0.15, 0.2) is 0 Å². The molecule has 1 saturated carbocycles. The first-order valence-corrected chi connectivity index (χ1v) is 8.96. The van der Waals surface area contributed by atoms with Gasteiger partial charge in [-0.1, -0.05) is 0 Å². The maximum absolute atomic E-state index is 13.1. The van der Waals surface area contributed by atoms with Crippen LogP contribution in [0.15, 0.2) is 23.1 Å². The predicted molar refractivity (Wildman–Crippen MR) is 79.1 cm³/mol. The van der Waals surface area contributed by atoms with Crippen LogP contribution in [0, 0.1) is 12.7 Å². The molecule has 1 aromatic carbocycles. The van der Waals surface area contributed by atoms with E-state index in [1.54, 1.807) is 6.92 Å². The highest BCUT2D eigenvalue weighted by Gasteiger charge is 2.33. The molecule has 116 valence electrons. The van der Waals surface area contributed by atoms with E-state index in [2.05, 4.69) is 9.62 Å². The van der Waals surface area contributed by atoms with E-state index in [9.17, 15) is 12.8 Å². The van der Waals surface area contributed by atoms with Crippen LogP contribution < -0.4 is 4.72 Å². The van der Waals surface area contributed by atoms with Crippen molar-refractivity contribution in [1.82, 2.24) is 9.62 Å². The molecule has 0 radical (unpaired) electrons. The van der Waals surface area contributed by atoms with Crippen LogP contribution >= 0.6 is 0 Å². The van der Waals surface area contributed by atoms with Crippen LogP contribution in [0.1, 0.15) is 31.2 Å². The van der Waals surface area contributed by atoms with Crippen LogP contribution in [0.4, 0.5) is 4.39 Å². The van der Waals surface area contributed by atoms with E-state index in [1.165, 1.54) is 31.0 Å². The number of halogens is 1. The van der Waals surface area contributed by atoms with Gasteiger partial charge < -0.3 is 4.90 Å². The Bertz CT molecular complexity index is 621. The smallest absolute Gasteiger partial charge is 0.241 e. The van der Waals surface area contributed by atoms with Gasteiger partial charge in [-0.25, -0.2) is 17.5 Å². The fourth-order valence-electron chi connectivity index (χ4n) is 3.02. The summed E-state index contributed by atoms with van der Waals surface area (Å²) in [6.07, 6.45) is 4.25. The largest absolute Gasteiger partial charge is 0.300 e. The van der Waals surface area contributed by atoms with Gasteiger partial charge in [0.25, 0.3) is 0 Å². The zero-order valence-electron chi connectivity index (χ0n) is 12.2. The van der Waals surface area contributed by atoms with Crippen molar-refractivity contribution in [2.24, 2.45) is 0 Å². The second kappa shape index (κ2) is 5.66. The van der Waals surface area contributed by atoms with Gasteiger partial charge in [0, 0.05) is 12.1 Å². The molecule has 1 aromatic rings. The van der Waals surface area contributed by atoms with Crippen molar-refractivity contribution in [3.8, 4) is 0 Å². The Hall–Kier alpha value is -0.980. The fraction of sp³-hybridized carbons (Fsp3) is 0.600. The van der Waals surface area contributed by atoms with E-state index >= 15 is 0 Å². The molecule has 2 fully saturated rings. The van der Waals surface area contributed by atoms with Gasteiger partial charge in [-0.3, -0.25) is 0 Å². The van der Waals surface area contributed by atoms with Crippen molar-refractivity contribution < 1.29 is 12.8 Å². The average molecular weight is 312 g/mol. The molecule has 1 aliphatic carbocycles. The quantitative estimate of drug-likeness (QED) is 0.925. The second-order valence-corrected chi connectivity index (χ2v) is 7.75. The van der Waals surface area contributed by atoms with Crippen molar-refractivity contribution in [3.63, 3.8) is 0 Å². The average Bonchev–Trinajstić information content (AvgIpc) is 3.23. The lowest BCUT2D eigenvalue weighted by Gasteiger charge is -2.32. The summed E-state index contributed by atoms with van der Waals surface area (Å²) in [7, 11) is -3.56. The Kier molecular flexibility index (Phi) is 4.03. The van der Waals surface area contributed by atoms with Crippen LogP contribution in [0.3, 0.4) is 0 Å². The number of hydrogen-bond donors (Lipinski definition) is 1. The van der Waals surface area contributed by atoms with Crippen LogP contribution in [-0.2, 0) is 10.0 Å². The number of likely N-dealkylation sites (tertiary alicyclic amines) is 1. The highest BCUT2D eigenvalue weighted by atomic mass is 32.2. The molecule has 4 nitrogen and oxygen atoms in total. The molecule has 1 aliphatic heterocycles. The lowest BCUT2D eigenvalue weighted by molar-refractivity contribution is 0.199. The summed E-state index contributed by atoms with van der Waals surface area (Å²) >= 11 is 0. The Labute approximate surface area is 125 Å². The molecular weight excluding hydrogens is 291 g/mol. The first kappa shape index (κ1) is 14.9. The molecule has 21 heavy (non-hydrogen) atoms. The van der Waals surface area contributed by atoms with Gasteiger partial charge in [0.2, 0.25) is 10.0 Å². The molecule has 0 aromatic heterocycles. The summed E-state index contributed by atoms with van der Waals surface area (Å²) in [4.78, 5) is 2.63. The Morgan fingerprint density at radius 3 is 2.43 bits per heavy atom. The second-order valence-electron chi connectivity index (χ2n) is 6.07. The molecule has 0 bridgehead atoms. The molecule has 2 aliphatic rings. The molecule has 6 heteroatoms. The summed E-state index contributed by atoms with van der Waals surface area (Å²) in [6.45, 7) is 3.54. The number of hydrogen-bond acceptors (Lipinski definition) is 3. The minimum atomic E-state index is -3.56. The minimum Gasteiger partial charge on any atom is -0.300 e. The Balaban J connectivity index is 1.66. The zero-order chi connectivity index (χ0) is 15.0. The van der Waals surface area contributed by atoms with Crippen molar-refractivity contribution in [2.45, 2.75) is 49.6 Å². The third kappa shape index (κ3) is 3.44. The Morgan fingerprint density at radius 2 is 1.86 bits per heavy atom. The maximum atomic E-state index is 13.1. The van der Waals surface area contributed by atoms with Crippen molar-refractivity contribution >= 4 is 10.0 Å². The summed E-state index contributed by atoms with van der Waals surface area (Å²) in [5.41, 5.74) is 0.443. The van der Waals surface area contributed by atoms with Gasteiger partial charge in [-0.2, -0.15) is 0 Å². The molecule has 3 rings (SSSR count). The fourth-order valence-corrected chi connectivity index (χ4v) is 4.55.